The van der Waals surface area contributed by atoms with Crippen molar-refractivity contribution < 1.29 is 4.79 Å². The summed E-state index contributed by atoms with van der Waals surface area (Å²) in [4.78, 5) is 26.5. The number of carbonyl (C=O) groups is 1. The number of anilines is 3. The lowest BCUT2D eigenvalue weighted by Crippen LogP contribution is -2.36. The summed E-state index contributed by atoms with van der Waals surface area (Å²) < 4.78 is 0. The average Bonchev–Trinajstić information content (AvgIpc) is 3.75. The van der Waals surface area contributed by atoms with Crippen LogP contribution < -0.4 is 15.1 Å². The van der Waals surface area contributed by atoms with E-state index < -0.39 is 0 Å². The summed E-state index contributed by atoms with van der Waals surface area (Å²) in [6.45, 7) is 6.49. The SMILES string of the molecule is C#Cc1ccc(NC(=O)N2CCCN(CC)c3ccc(-c4ccc(C(C)C5N=N5)cc4)nc32)nc1. The highest BCUT2D eigenvalue weighted by atomic mass is 16.2. The van der Waals surface area contributed by atoms with E-state index in [-0.39, 0.29) is 18.1 Å². The van der Waals surface area contributed by atoms with Crippen molar-refractivity contribution >= 4 is 23.4 Å². The number of fused-ring (bicyclic) bond motifs is 1. The van der Waals surface area contributed by atoms with Gasteiger partial charge in [-0.1, -0.05) is 37.1 Å². The summed E-state index contributed by atoms with van der Waals surface area (Å²) >= 11 is 0. The minimum atomic E-state index is -0.268. The number of amides is 2. The van der Waals surface area contributed by atoms with Gasteiger partial charge in [-0.15, -0.1) is 6.42 Å². The van der Waals surface area contributed by atoms with E-state index in [0.717, 1.165) is 36.5 Å². The van der Waals surface area contributed by atoms with Gasteiger partial charge in [0.25, 0.3) is 0 Å². The van der Waals surface area contributed by atoms with Gasteiger partial charge in [0.1, 0.15) is 5.82 Å². The van der Waals surface area contributed by atoms with Crippen LogP contribution in [0.2, 0.25) is 0 Å². The molecule has 0 saturated carbocycles. The van der Waals surface area contributed by atoms with Crippen LogP contribution in [-0.4, -0.2) is 41.8 Å². The molecule has 1 atom stereocenters. The zero-order valence-corrected chi connectivity index (χ0v) is 19.8. The van der Waals surface area contributed by atoms with E-state index in [1.165, 1.54) is 5.56 Å². The Morgan fingerprint density at radius 3 is 2.60 bits per heavy atom. The monoisotopic (exact) mass is 465 g/mol. The van der Waals surface area contributed by atoms with Crippen molar-refractivity contribution in [1.29, 1.82) is 0 Å². The van der Waals surface area contributed by atoms with Crippen LogP contribution in [0.15, 0.2) is 65.0 Å². The third-order valence-corrected chi connectivity index (χ3v) is 6.48. The van der Waals surface area contributed by atoms with Gasteiger partial charge in [0, 0.05) is 42.9 Å². The number of hydrogen-bond acceptors (Lipinski definition) is 6. The lowest BCUT2D eigenvalue weighted by Gasteiger charge is -2.25. The Labute approximate surface area is 205 Å². The Balaban J connectivity index is 1.45. The Bertz CT molecular complexity index is 1290. The summed E-state index contributed by atoms with van der Waals surface area (Å²) in [6, 6.07) is 15.6. The second-order valence-corrected chi connectivity index (χ2v) is 8.69. The standard InChI is InChI=1S/C27H27N7O/c1-4-19-7-14-24(28-17-19)30-27(35)34-16-6-15-33(5-2)23-13-12-22(29-26(23)34)21-10-8-20(9-11-21)18(3)25-31-32-25/h1,7-14,17-18,25H,5-6,15-16H2,2-3H3,(H,28,30,35). The molecule has 0 radical (unpaired) electrons. The van der Waals surface area contributed by atoms with Crippen molar-refractivity contribution in [3.05, 3.63) is 65.9 Å². The Morgan fingerprint density at radius 1 is 1.14 bits per heavy atom. The molecule has 3 aromatic rings. The zero-order valence-electron chi connectivity index (χ0n) is 19.8. The quantitative estimate of drug-likeness (QED) is 0.519. The van der Waals surface area contributed by atoms with Crippen molar-refractivity contribution in [2.45, 2.75) is 32.4 Å². The van der Waals surface area contributed by atoms with Gasteiger partial charge in [0.2, 0.25) is 0 Å². The Kier molecular flexibility index (Phi) is 6.15. The van der Waals surface area contributed by atoms with Crippen LogP contribution in [0.1, 0.15) is 37.3 Å². The third kappa shape index (κ3) is 4.71. The number of terminal acetylenes is 1. The number of rotatable bonds is 5. The van der Waals surface area contributed by atoms with Crippen molar-refractivity contribution in [2.24, 2.45) is 10.2 Å². The Hall–Kier alpha value is -4.25. The summed E-state index contributed by atoms with van der Waals surface area (Å²) in [5, 5.41) is 11.0. The zero-order chi connectivity index (χ0) is 24.4. The molecule has 35 heavy (non-hydrogen) atoms. The lowest BCUT2D eigenvalue weighted by molar-refractivity contribution is 0.256. The van der Waals surface area contributed by atoms with E-state index in [1.54, 1.807) is 23.2 Å². The molecule has 1 aromatic carbocycles. The molecular formula is C27H27N7O. The van der Waals surface area contributed by atoms with Gasteiger partial charge in [0.05, 0.1) is 11.4 Å². The van der Waals surface area contributed by atoms with Crippen LogP contribution in [0.4, 0.5) is 22.1 Å². The van der Waals surface area contributed by atoms with Crippen LogP contribution >= 0.6 is 0 Å². The first-order chi connectivity index (χ1) is 17.1. The molecule has 0 bridgehead atoms. The first-order valence-corrected chi connectivity index (χ1v) is 11.8. The number of nitrogens with zero attached hydrogens (tertiary/aromatic N) is 6. The van der Waals surface area contributed by atoms with Crippen LogP contribution in [0.3, 0.4) is 0 Å². The third-order valence-electron chi connectivity index (χ3n) is 6.48. The number of nitrogens with one attached hydrogen (secondary N) is 1. The second-order valence-electron chi connectivity index (χ2n) is 8.69. The number of pyridine rings is 2. The predicted octanol–water partition coefficient (Wildman–Crippen LogP) is 5.29. The molecule has 0 saturated heterocycles. The van der Waals surface area contributed by atoms with E-state index >= 15 is 0 Å². The molecule has 176 valence electrons. The first-order valence-electron chi connectivity index (χ1n) is 11.8. The lowest BCUT2D eigenvalue weighted by atomic mass is 9.97. The number of urea groups is 1. The molecule has 0 spiro atoms. The van der Waals surface area contributed by atoms with E-state index in [0.29, 0.717) is 23.7 Å². The molecule has 0 aliphatic carbocycles. The molecule has 2 aliphatic rings. The number of benzene rings is 1. The summed E-state index contributed by atoms with van der Waals surface area (Å²) in [5.74, 6) is 3.89. The smallest absolute Gasteiger partial charge is 0.328 e. The molecule has 2 aliphatic heterocycles. The molecule has 0 fully saturated rings. The van der Waals surface area contributed by atoms with Gasteiger partial charge in [-0.3, -0.25) is 10.2 Å². The van der Waals surface area contributed by atoms with E-state index in [4.69, 9.17) is 11.4 Å². The normalized spacial score (nSPS) is 15.7. The van der Waals surface area contributed by atoms with Crippen molar-refractivity contribution in [3.8, 4) is 23.6 Å². The highest BCUT2D eigenvalue weighted by molar-refractivity contribution is 6.03. The highest BCUT2D eigenvalue weighted by Crippen LogP contribution is 2.35. The van der Waals surface area contributed by atoms with Gasteiger partial charge in [-0.25, -0.2) is 14.8 Å². The molecule has 8 nitrogen and oxygen atoms in total. The summed E-state index contributed by atoms with van der Waals surface area (Å²) in [6.07, 6.45) is 7.89. The largest absolute Gasteiger partial charge is 0.369 e. The van der Waals surface area contributed by atoms with Crippen LogP contribution in [0, 0.1) is 12.3 Å². The maximum atomic E-state index is 13.3. The molecule has 5 rings (SSSR count). The fourth-order valence-electron chi connectivity index (χ4n) is 4.32. The van der Waals surface area contributed by atoms with Crippen molar-refractivity contribution in [3.63, 3.8) is 0 Å². The van der Waals surface area contributed by atoms with Gasteiger partial charge < -0.3 is 4.90 Å². The first kappa shape index (κ1) is 22.5. The number of aromatic nitrogens is 2. The van der Waals surface area contributed by atoms with Crippen molar-refractivity contribution in [2.75, 3.05) is 34.8 Å². The van der Waals surface area contributed by atoms with Crippen LogP contribution in [0.5, 0.6) is 0 Å². The molecule has 4 heterocycles. The van der Waals surface area contributed by atoms with Gasteiger partial charge in [0.15, 0.2) is 12.0 Å². The average molecular weight is 466 g/mol. The molecule has 2 aromatic heterocycles. The van der Waals surface area contributed by atoms with Gasteiger partial charge in [-0.2, -0.15) is 10.2 Å². The molecule has 8 heteroatoms. The molecule has 2 amide bonds. The number of carbonyl (C=O) groups excluding carboxylic acids is 1. The summed E-state index contributed by atoms with van der Waals surface area (Å²) in [5.41, 5.74) is 4.61. The fraction of sp³-hybridized carbons (Fsp3) is 0.296. The van der Waals surface area contributed by atoms with Gasteiger partial charge >= 0.3 is 6.03 Å². The highest BCUT2D eigenvalue weighted by Gasteiger charge is 2.27. The minimum absolute atomic E-state index is 0.0795. The van der Waals surface area contributed by atoms with Gasteiger partial charge in [-0.05, 0) is 43.2 Å². The predicted molar refractivity (Wildman–Crippen MR) is 138 cm³/mol. The molecular weight excluding hydrogens is 438 g/mol. The maximum Gasteiger partial charge on any atom is 0.328 e. The summed E-state index contributed by atoms with van der Waals surface area (Å²) in [7, 11) is 0. The molecule has 1 N–H and O–H groups in total. The second kappa shape index (κ2) is 9.55. The van der Waals surface area contributed by atoms with E-state index in [9.17, 15) is 4.79 Å². The fourth-order valence-corrected chi connectivity index (χ4v) is 4.32. The Morgan fingerprint density at radius 2 is 1.94 bits per heavy atom. The molecule has 1 unspecified atom stereocenters. The minimum Gasteiger partial charge on any atom is -0.369 e. The van der Waals surface area contributed by atoms with Crippen LogP contribution in [0.25, 0.3) is 11.3 Å². The van der Waals surface area contributed by atoms with Crippen molar-refractivity contribution in [1.82, 2.24) is 9.97 Å². The van der Waals surface area contributed by atoms with E-state index in [2.05, 4.69) is 75.5 Å². The maximum absolute atomic E-state index is 13.3. The van der Waals surface area contributed by atoms with E-state index in [1.807, 2.05) is 6.07 Å². The number of hydrogen-bond donors (Lipinski definition) is 1. The van der Waals surface area contributed by atoms with Crippen LogP contribution in [-0.2, 0) is 0 Å². The topological polar surface area (TPSA) is 86.1 Å².